The van der Waals surface area contributed by atoms with Gasteiger partial charge in [0.1, 0.15) is 24.8 Å². The molecule has 0 bridgehead atoms. The average molecular weight is 939 g/mol. The van der Waals surface area contributed by atoms with Crippen LogP contribution in [0.1, 0.15) is 35.1 Å². The van der Waals surface area contributed by atoms with Gasteiger partial charge >= 0.3 is 12.0 Å². The zero-order valence-electron chi connectivity index (χ0n) is 38.1. The van der Waals surface area contributed by atoms with E-state index in [-0.39, 0.29) is 36.7 Å². The van der Waals surface area contributed by atoms with Crippen molar-refractivity contribution < 1.29 is 61.7 Å². The van der Waals surface area contributed by atoms with E-state index in [1.54, 1.807) is 24.5 Å². The largest absolute Gasteiger partial charge is 0.459 e. The molecular formula is C46H66N8O13. The third-order valence-corrected chi connectivity index (χ3v) is 8.99. The van der Waals surface area contributed by atoms with Gasteiger partial charge in [-0.15, -0.1) is 0 Å². The molecule has 67 heavy (non-hydrogen) atoms. The summed E-state index contributed by atoms with van der Waals surface area (Å²) in [5.41, 5.74) is 15.1. The van der Waals surface area contributed by atoms with Crippen molar-refractivity contribution in [2.45, 2.75) is 39.1 Å². The number of hydrogen-bond donors (Lipinski definition) is 4. The molecule has 0 saturated heterocycles. The number of nitrogen functional groups attached to an aromatic ring is 2. The maximum absolute atomic E-state index is 12.2. The first-order chi connectivity index (χ1) is 32.9. The van der Waals surface area contributed by atoms with Crippen LogP contribution in [0.3, 0.4) is 0 Å². The quantitative estimate of drug-likeness (QED) is 0.0467. The van der Waals surface area contributed by atoms with Crippen molar-refractivity contribution in [1.82, 2.24) is 30.6 Å². The lowest BCUT2D eigenvalue weighted by molar-refractivity contribution is -0.123. The highest BCUT2D eigenvalue weighted by Crippen LogP contribution is 2.11. The number of nitrogens with zero attached hydrogens (tertiary/aromatic N) is 4. The lowest BCUT2D eigenvalue weighted by atomic mass is 10.1. The Labute approximate surface area is 391 Å². The molecule has 2 amide bonds. The molecule has 0 radical (unpaired) electrons. The van der Waals surface area contributed by atoms with Gasteiger partial charge in [-0.2, -0.15) is 9.97 Å². The Morgan fingerprint density at radius 2 is 0.657 bits per heavy atom. The third-order valence-electron chi connectivity index (χ3n) is 8.99. The molecule has 0 fully saturated rings. The van der Waals surface area contributed by atoms with Crippen LogP contribution in [-0.4, -0.2) is 151 Å². The van der Waals surface area contributed by atoms with Crippen molar-refractivity contribution in [3.8, 4) is 12.0 Å². The van der Waals surface area contributed by atoms with Crippen molar-refractivity contribution in [3.63, 3.8) is 0 Å². The maximum Gasteiger partial charge on any atom is 0.318 e. The zero-order valence-corrected chi connectivity index (χ0v) is 38.1. The standard InChI is InChI=1S/C46H66N8O13/c47-41-9-13-49-45(53-41)66-35-39-5-1-37(2-6-39)33-51-43(55)11-15-57-17-19-59-21-23-61-25-27-63-29-31-65-32-30-64-28-26-62-24-22-60-20-18-58-16-12-44(56)52-34-38-3-7-40(8-4-38)36-67-46-50-14-10-42(48)54-46/h1-10,13-14H,11-12,15-36H2,(H,51,55)(H,52,56)(H2,47,49,53)(H2,48,50,54). The minimum Gasteiger partial charge on any atom is -0.459 e. The van der Waals surface area contributed by atoms with Crippen molar-refractivity contribution in [1.29, 1.82) is 0 Å². The number of rotatable bonds is 40. The highest BCUT2D eigenvalue weighted by Gasteiger charge is 2.06. The Morgan fingerprint density at radius 3 is 0.940 bits per heavy atom. The summed E-state index contributed by atoms with van der Waals surface area (Å²) in [7, 11) is 0. The van der Waals surface area contributed by atoms with Crippen LogP contribution in [0.4, 0.5) is 11.6 Å². The number of carbonyl (C=O) groups is 2. The molecular weight excluding hydrogens is 873 g/mol. The van der Waals surface area contributed by atoms with Crippen molar-refractivity contribution in [2.75, 3.05) is 130 Å². The van der Waals surface area contributed by atoms with Crippen LogP contribution >= 0.6 is 0 Å². The predicted molar refractivity (Wildman–Crippen MR) is 245 cm³/mol. The molecule has 0 aliphatic heterocycles. The molecule has 4 aromatic rings. The number of ether oxygens (including phenoxy) is 11. The predicted octanol–water partition coefficient (Wildman–Crippen LogP) is 2.45. The minimum absolute atomic E-state index is 0.0919. The smallest absolute Gasteiger partial charge is 0.318 e. The van der Waals surface area contributed by atoms with Crippen LogP contribution in [0.25, 0.3) is 0 Å². The minimum atomic E-state index is -0.0919. The molecule has 0 unspecified atom stereocenters. The highest BCUT2D eigenvalue weighted by molar-refractivity contribution is 5.76. The lowest BCUT2D eigenvalue weighted by Crippen LogP contribution is -2.24. The summed E-state index contributed by atoms with van der Waals surface area (Å²) in [4.78, 5) is 40.4. The summed E-state index contributed by atoms with van der Waals surface area (Å²) in [6, 6.07) is 19.0. The fourth-order valence-corrected chi connectivity index (χ4v) is 5.42. The molecule has 368 valence electrons. The maximum atomic E-state index is 12.2. The first kappa shape index (κ1) is 54.0. The Balaban J connectivity index is 0.786. The second-order valence-electron chi connectivity index (χ2n) is 14.3. The molecule has 0 spiro atoms. The van der Waals surface area contributed by atoms with Crippen molar-refractivity contribution in [3.05, 3.63) is 95.3 Å². The third kappa shape index (κ3) is 27.6. The van der Waals surface area contributed by atoms with Crippen LogP contribution < -0.4 is 31.6 Å². The van der Waals surface area contributed by atoms with Gasteiger partial charge in [0, 0.05) is 38.3 Å². The van der Waals surface area contributed by atoms with E-state index in [0.29, 0.717) is 157 Å². The molecule has 4 rings (SSSR count). The van der Waals surface area contributed by atoms with Crippen LogP contribution in [-0.2, 0) is 78.5 Å². The van der Waals surface area contributed by atoms with Gasteiger partial charge in [0.2, 0.25) is 11.8 Å². The normalized spacial score (nSPS) is 11.1. The number of nitrogens with one attached hydrogen (secondary N) is 2. The van der Waals surface area contributed by atoms with E-state index >= 15 is 0 Å². The Kier molecular flexibility index (Phi) is 28.7. The van der Waals surface area contributed by atoms with E-state index in [1.165, 1.54) is 0 Å². The highest BCUT2D eigenvalue weighted by atomic mass is 16.6. The van der Waals surface area contributed by atoms with Crippen molar-refractivity contribution in [2.24, 2.45) is 0 Å². The molecule has 2 aromatic carbocycles. The SMILES string of the molecule is Nc1ccnc(OCc2ccc(CNC(=O)CCOCCOCCOCCOCCOCCOCCOCCOCCOCCC(=O)NCc3ccc(COc4nccc(N)n4)cc3)cc2)n1. The number of amides is 2. The number of carbonyl (C=O) groups excluding carboxylic acids is 2. The van der Waals surface area contributed by atoms with Gasteiger partial charge < -0.3 is 74.2 Å². The summed E-state index contributed by atoms with van der Waals surface area (Å²) in [5.74, 6) is 0.511. The lowest BCUT2D eigenvalue weighted by Gasteiger charge is -2.09. The summed E-state index contributed by atoms with van der Waals surface area (Å²) >= 11 is 0. The van der Waals surface area contributed by atoms with E-state index in [1.807, 2.05) is 48.5 Å². The van der Waals surface area contributed by atoms with Gasteiger partial charge in [-0.05, 0) is 34.4 Å². The Hall–Kier alpha value is -5.62. The molecule has 0 atom stereocenters. The number of aromatic nitrogens is 4. The molecule has 0 aliphatic rings. The van der Waals surface area contributed by atoms with Gasteiger partial charge in [-0.1, -0.05) is 48.5 Å². The first-order valence-electron chi connectivity index (χ1n) is 22.2. The van der Waals surface area contributed by atoms with E-state index in [2.05, 4.69) is 30.6 Å². The van der Waals surface area contributed by atoms with Gasteiger partial charge in [0.05, 0.1) is 119 Å². The van der Waals surface area contributed by atoms with Crippen LogP contribution in [0.15, 0.2) is 73.1 Å². The number of hydrogen-bond acceptors (Lipinski definition) is 19. The fraction of sp³-hybridized carbons (Fsp3) is 0.522. The molecule has 21 nitrogen and oxygen atoms in total. The first-order valence-corrected chi connectivity index (χ1v) is 22.2. The van der Waals surface area contributed by atoms with E-state index < -0.39 is 0 Å². The van der Waals surface area contributed by atoms with Gasteiger partial charge in [0.25, 0.3) is 0 Å². The average Bonchev–Trinajstić information content (AvgIpc) is 3.34. The summed E-state index contributed by atoms with van der Waals surface area (Å²) in [6.07, 6.45) is 3.60. The molecule has 2 heterocycles. The number of nitrogens with two attached hydrogens (primary N) is 2. The molecule has 0 aliphatic carbocycles. The molecule has 0 saturated carbocycles. The molecule has 2 aromatic heterocycles. The van der Waals surface area contributed by atoms with E-state index in [4.69, 9.17) is 63.6 Å². The summed E-state index contributed by atoms with van der Waals surface area (Å²) in [5, 5.41) is 5.78. The zero-order chi connectivity index (χ0) is 47.3. The van der Waals surface area contributed by atoms with Gasteiger partial charge in [0.15, 0.2) is 0 Å². The fourth-order valence-electron chi connectivity index (χ4n) is 5.42. The van der Waals surface area contributed by atoms with E-state index in [9.17, 15) is 9.59 Å². The molecule has 6 N–H and O–H groups in total. The summed E-state index contributed by atoms with van der Waals surface area (Å²) < 4.78 is 60.6. The van der Waals surface area contributed by atoms with Gasteiger partial charge in [-0.3, -0.25) is 9.59 Å². The Morgan fingerprint density at radius 1 is 0.388 bits per heavy atom. The van der Waals surface area contributed by atoms with Crippen LogP contribution in [0.5, 0.6) is 12.0 Å². The van der Waals surface area contributed by atoms with Crippen LogP contribution in [0.2, 0.25) is 0 Å². The molecule has 21 heteroatoms. The Bertz CT molecular complexity index is 1770. The second-order valence-corrected chi connectivity index (χ2v) is 14.3. The number of benzene rings is 2. The van der Waals surface area contributed by atoms with Crippen molar-refractivity contribution >= 4 is 23.5 Å². The van der Waals surface area contributed by atoms with E-state index in [0.717, 1.165) is 22.3 Å². The number of anilines is 2. The van der Waals surface area contributed by atoms with Gasteiger partial charge in [-0.25, -0.2) is 9.97 Å². The second kappa shape index (κ2) is 35.6. The summed E-state index contributed by atoms with van der Waals surface area (Å²) in [6.45, 7) is 9.12. The monoisotopic (exact) mass is 938 g/mol. The topological polar surface area (TPSA) is 263 Å². The van der Waals surface area contributed by atoms with Crippen LogP contribution in [0, 0.1) is 0 Å².